The summed E-state index contributed by atoms with van der Waals surface area (Å²) in [6.07, 6.45) is 1.52. The Morgan fingerprint density at radius 2 is 1.59 bits per heavy atom. The van der Waals surface area contributed by atoms with Gasteiger partial charge in [-0.25, -0.2) is 9.78 Å². The van der Waals surface area contributed by atoms with Crippen molar-refractivity contribution in [3.63, 3.8) is 0 Å². The van der Waals surface area contributed by atoms with E-state index in [1.54, 1.807) is 19.1 Å². The molecule has 1 amide bonds. The first-order valence-corrected chi connectivity index (χ1v) is 17.6. The molecule has 3 aromatic rings. The Hall–Kier alpha value is -6.05. The smallest absolute Gasteiger partial charge is 0.326 e. The largest absolute Gasteiger partial charge is 0.481 e. The van der Waals surface area contributed by atoms with Crippen LogP contribution in [0.2, 0.25) is 0 Å². The monoisotopic (exact) mass is 739 g/mol. The molecule has 0 aliphatic carbocycles. The van der Waals surface area contributed by atoms with Crippen molar-refractivity contribution in [2.24, 2.45) is 0 Å². The van der Waals surface area contributed by atoms with Crippen LogP contribution in [0.3, 0.4) is 0 Å². The molecule has 5 N–H and O–H groups in total. The molecule has 5 heterocycles. The molecule has 0 radical (unpaired) electrons. The maximum Gasteiger partial charge on any atom is 0.326 e. The number of carbonyl (C=O) groups excluding carboxylic acids is 3. The summed E-state index contributed by atoms with van der Waals surface area (Å²) < 4.78 is 10.1. The van der Waals surface area contributed by atoms with Gasteiger partial charge in [-0.15, -0.1) is 0 Å². The maximum absolute atomic E-state index is 14.2. The Bertz CT molecular complexity index is 2280. The number of allylic oxidation sites excluding steroid dienone is 1. The Kier molecular flexibility index (Phi) is 11.5. The highest BCUT2D eigenvalue weighted by molar-refractivity contribution is 6.28. The molecule has 0 saturated carbocycles. The predicted molar refractivity (Wildman–Crippen MR) is 202 cm³/mol. The molecule has 0 unspecified atom stereocenters. The summed E-state index contributed by atoms with van der Waals surface area (Å²) in [6, 6.07) is 3.98. The van der Waals surface area contributed by atoms with Crippen molar-refractivity contribution in [2.75, 3.05) is 14.2 Å². The quantitative estimate of drug-likeness (QED) is 0.143. The van der Waals surface area contributed by atoms with Crippen LogP contribution in [0.1, 0.15) is 102 Å². The van der Waals surface area contributed by atoms with E-state index in [4.69, 9.17) is 19.4 Å². The Morgan fingerprint density at radius 1 is 0.926 bits per heavy atom. The first-order valence-electron chi connectivity index (χ1n) is 17.6. The highest BCUT2D eigenvalue weighted by Gasteiger charge is 2.36. The third kappa shape index (κ3) is 7.54. The number of ether oxygens (including phenoxy) is 2. The van der Waals surface area contributed by atoms with Gasteiger partial charge in [0.2, 0.25) is 0 Å². The lowest BCUT2D eigenvalue weighted by Crippen LogP contribution is -2.42. The molecular weight excluding hydrogens is 694 g/mol. The summed E-state index contributed by atoms with van der Waals surface area (Å²) in [7, 11) is 2.53. The van der Waals surface area contributed by atoms with Crippen LogP contribution < -0.4 is 5.32 Å². The number of fused-ring (bicyclic) bond motifs is 8. The summed E-state index contributed by atoms with van der Waals surface area (Å²) in [5.74, 6) is -5.68. The zero-order chi connectivity index (χ0) is 39.6. The second kappa shape index (κ2) is 15.9. The molecule has 8 bridgehead atoms. The van der Waals surface area contributed by atoms with E-state index in [2.05, 4.69) is 21.9 Å². The molecule has 14 nitrogen and oxygen atoms in total. The third-order valence-corrected chi connectivity index (χ3v) is 10.4. The number of H-pyrrole nitrogens is 2. The van der Waals surface area contributed by atoms with Crippen molar-refractivity contribution in [1.29, 1.82) is 0 Å². The molecule has 3 atom stereocenters. The van der Waals surface area contributed by atoms with E-state index in [0.29, 0.717) is 29.1 Å². The van der Waals surface area contributed by atoms with Crippen LogP contribution >= 0.6 is 0 Å². The molecular formula is C40H45N5O9. The summed E-state index contributed by atoms with van der Waals surface area (Å²) in [6.45, 7) is 13.7. The Morgan fingerprint density at radius 3 is 2.20 bits per heavy atom. The second-order valence-electron chi connectivity index (χ2n) is 13.5. The fourth-order valence-electron chi connectivity index (χ4n) is 7.31. The number of nitrogens with zero attached hydrogens (tertiary/aromatic N) is 2. The molecule has 284 valence electrons. The topological polar surface area (TPSA) is 214 Å². The first-order chi connectivity index (χ1) is 25.6. The minimum absolute atomic E-state index is 0.0357. The van der Waals surface area contributed by atoms with E-state index in [0.717, 1.165) is 44.3 Å². The zero-order valence-corrected chi connectivity index (χ0v) is 31.4. The lowest BCUT2D eigenvalue weighted by Gasteiger charge is -2.19. The average Bonchev–Trinajstić information content (AvgIpc) is 3.81. The van der Waals surface area contributed by atoms with Gasteiger partial charge in [-0.3, -0.25) is 24.2 Å². The summed E-state index contributed by atoms with van der Waals surface area (Å²) >= 11 is 0. The minimum Gasteiger partial charge on any atom is -0.481 e. The lowest BCUT2D eigenvalue weighted by atomic mass is 9.84. The van der Waals surface area contributed by atoms with Crippen LogP contribution in [0.15, 0.2) is 24.8 Å². The number of aliphatic carboxylic acids is 2. The van der Waals surface area contributed by atoms with Crippen LogP contribution in [0.5, 0.6) is 0 Å². The molecule has 3 aromatic heterocycles. The maximum atomic E-state index is 14.2. The number of aromatic nitrogens is 4. The number of rotatable bonds is 12. The fraction of sp³-hybridized carbons (Fsp3) is 0.375. The van der Waals surface area contributed by atoms with Gasteiger partial charge >= 0.3 is 23.9 Å². The number of nitrogens with one attached hydrogen (secondary N) is 3. The number of aromatic amines is 2. The first kappa shape index (κ1) is 39.2. The van der Waals surface area contributed by atoms with Gasteiger partial charge in [0.1, 0.15) is 6.04 Å². The number of amides is 1. The van der Waals surface area contributed by atoms with Gasteiger partial charge in [-0.05, 0) is 74.1 Å². The molecule has 5 rings (SSSR count). The normalized spacial score (nSPS) is 15.8. The number of hydrogen-bond donors (Lipinski definition) is 5. The van der Waals surface area contributed by atoms with Crippen molar-refractivity contribution >= 4 is 69.1 Å². The minimum atomic E-state index is -1.76. The highest BCUT2D eigenvalue weighted by atomic mass is 16.5. The Labute approximate surface area is 311 Å². The summed E-state index contributed by atoms with van der Waals surface area (Å²) in [5, 5.41) is 21.6. The van der Waals surface area contributed by atoms with Crippen LogP contribution in [0.25, 0.3) is 39.3 Å². The van der Waals surface area contributed by atoms with Crippen molar-refractivity contribution in [2.45, 2.75) is 84.6 Å². The Balaban J connectivity index is 1.98. The van der Waals surface area contributed by atoms with Crippen LogP contribution in [0.4, 0.5) is 0 Å². The van der Waals surface area contributed by atoms with Gasteiger partial charge in [0.15, 0.2) is 0 Å². The molecule has 0 aromatic carbocycles. The highest BCUT2D eigenvalue weighted by Crippen LogP contribution is 2.44. The van der Waals surface area contributed by atoms with E-state index in [9.17, 15) is 34.2 Å². The van der Waals surface area contributed by atoms with Gasteiger partial charge in [-0.1, -0.05) is 26.5 Å². The van der Waals surface area contributed by atoms with Crippen LogP contribution in [-0.4, -0.2) is 80.2 Å². The van der Waals surface area contributed by atoms with Gasteiger partial charge in [0, 0.05) is 57.1 Å². The summed E-state index contributed by atoms with van der Waals surface area (Å²) in [4.78, 5) is 80.6. The average molecular weight is 740 g/mol. The van der Waals surface area contributed by atoms with Crippen LogP contribution in [0, 0.1) is 13.8 Å². The molecule has 0 spiro atoms. The van der Waals surface area contributed by atoms with Crippen molar-refractivity contribution in [3.05, 3.63) is 75.4 Å². The van der Waals surface area contributed by atoms with E-state index in [1.165, 1.54) is 14.2 Å². The SMILES string of the molecule is C=Cc1c(C)c2cc3nc(c(CC(=O)OC)c4nc(cc5[nH]c(cc1[nH]2)c(C)c5CC)C(C)=C4C(=O)N[C@@H](CC(=O)O)C(=O)O)[C@@H](CCC(=O)OC)[C@@H]3C. The fourth-order valence-corrected chi connectivity index (χ4v) is 7.31. The zero-order valence-electron chi connectivity index (χ0n) is 31.4. The lowest BCUT2D eigenvalue weighted by molar-refractivity contribution is -0.146. The molecule has 2 aliphatic heterocycles. The third-order valence-electron chi connectivity index (χ3n) is 10.4. The van der Waals surface area contributed by atoms with Crippen molar-refractivity contribution < 1.29 is 43.7 Å². The molecule has 0 fully saturated rings. The van der Waals surface area contributed by atoms with Gasteiger partial charge in [-0.2, -0.15) is 0 Å². The second-order valence-corrected chi connectivity index (χ2v) is 13.5. The summed E-state index contributed by atoms with van der Waals surface area (Å²) in [5.41, 5.74) is 9.04. The van der Waals surface area contributed by atoms with E-state index in [-0.39, 0.29) is 42.0 Å². The van der Waals surface area contributed by atoms with Crippen molar-refractivity contribution in [3.8, 4) is 0 Å². The number of carboxylic acids is 2. The number of carboxylic acid groups (broad SMARTS) is 2. The predicted octanol–water partition coefficient (Wildman–Crippen LogP) is 5.67. The number of esters is 2. The number of methoxy groups -OCH3 is 2. The van der Waals surface area contributed by atoms with E-state index < -0.39 is 48.2 Å². The van der Waals surface area contributed by atoms with Gasteiger partial charge < -0.3 is 35.0 Å². The molecule has 54 heavy (non-hydrogen) atoms. The van der Waals surface area contributed by atoms with E-state index in [1.807, 2.05) is 39.8 Å². The molecule has 2 aliphatic rings. The van der Waals surface area contributed by atoms with Gasteiger partial charge in [0.05, 0.1) is 49.7 Å². The van der Waals surface area contributed by atoms with Gasteiger partial charge in [0.25, 0.3) is 5.91 Å². The number of aryl methyl sites for hydroxylation is 3. The number of hydrogen-bond acceptors (Lipinski definition) is 9. The molecule has 0 saturated heterocycles. The van der Waals surface area contributed by atoms with Crippen LogP contribution in [-0.2, 0) is 46.3 Å². The molecule has 14 heteroatoms. The van der Waals surface area contributed by atoms with E-state index >= 15 is 0 Å². The van der Waals surface area contributed by atoms with Crippen molar-refractivity contribution in [1.82, 2.24) is 25.3 Å². The number of carbonyl (C=O) groups is 5. The standard InChI is InChI=1S/C40H45N5O9/c1-9-22-18(3)26-14-28-20(5)24(11-12-34(48)53-7)37(43-28)25(13-35(49)54-8)38-36(39(50)45-32(40(51)52)17-33(46)47)21(6)29(44-38)16-31-23(10-2)19(4)27(42-31)15-30(22)41-26/h9,14-16,20,24,32,41-42H,1,10-13,17H2,2-8H3,(H,45,50)(H,46,47)(H,51,52)/t20-,24-,32-/m0/s1.